The summed E-state index contributed by atoms with van der Waals surface area (Å²) in [6.45, 7) is 3.41. The van der Waals surface area contributed by atoms with Gasteiger partial charge in [0.05, 0.1) is 5.75 Å². The summed E-state index contributed by atoms with van der Waals surface area (Å²) >= 11 is 0. The average molecular weight is 374 g/mol. The highest BCUT2D eigenvalue weighted by Crippen LogP contribution is 2.28. The summed E-state index contributed by atoms with van der Waals surface area (Å²) in [6, 6.07) is 19.5. The molecule has 1 unspecified atom stereocenters. The first-order chi connectivity index (χ1) is 12.3. The van der Waals surface area contributed by atoms with E-state index >= 15 is 0 Å². The molecule has 0 spiro atoms. The molecule has 2 aromatic carbocycles. The fraction of sp³-hybridized carbons (Fsp3) is 0.381. The second-order valence-corrected chi connectivity index (χ2v) is 9.03. The van der Waals surface area contributed by atoms with Gasteiger partial charge in [-0.25, -0.2) is 8.42 Å². The topological polar surface area (TPSA) is 54.5 Å². The van der Waals surface area contributed by atoms with Gasteiger partial charge in [0, 0.05) is 31.2 Å². The predicted molar refractivity (Wildman–Crippen MR) is 106 cm³/mol. The van der Waals surface area contributed by atoms with E-state index < -0.39 is 9.84 Å². The number of rotatable bonds is 8. The maximum absolute atomic E-state index is 12.8. The Kier molecular flexibility index (Phi) is 6.98. The fourth-order valence-corrected chi connectivity index (χ4v) is 4.15. The summed E-state index contributed by atoms with van der Waals surface area (Å²) in [5.74, 6) is -0.0211. The molecule has 1 amide bonds. The van der Waals surface area contributed by atoms with Crippen LogP contribution >= 0.6 is 0 Å². The van der Waals surface area contributed by atoms with Crippen molar-refractivity contribution in [3.8, 4) is 0 Å². The first-order valence-corrected chi connectivity index (χ1v) is 10.7. The van der Waals surface area contributed by atoms with Gasteiger partial charge in [0.15, 0.2) is 9.84 Å². The molecule has 0 bridgehead atoms. The quantitative estimate of drug-likeness (QED) is 0.712. The van der Waals surface area contributed by atoms with E-state index in [1.807, 2.05) is 60.7 Å². The van der Waals surface area contributed by atoms with Crippen molar-refractivity contribution in [3.63, 3.8) is 0 Å². The third-order valence-corrected chi connectivity index (χ3v) is 6.64. The van der Waals surface area contributed by atoms with Crippen LogP contribution in [0.2, 0.25) is 0 Å². The van der Waals surface area contributed by atoms with Crippen LogP contribution in [0.25, 0.3) is 0 Å². The largest absolute Gasteiger partial charge is 0.342 e. The van der Waals surface area contributed by atoms with Gasteiger partial charge in [0.1, 0.15) is 0 Å². The van der Waals surface area contributed by atoms with Crippen molar-refractivity contribution in [2.45, 2.75) is 32.2 Å². The van der Waals surface area contributed by atoms with Gasteiger partial charge in [-0.1, -0.05) is 67.6 Å². The number of amides is 1. The van der Waals surface area contributed by atoms with Crippen molar-refractivity contribution >= 4 is 15.7 Å². The van der Waals surface area contributed by atoms with Crippen LogP contribution in [0.5, 0.6) is 0 Å². The Labute approximate surface area is 156 Å². The molecule has 5 heteroatoms. The smallest absolute Gasteiger partial charge is 0.223 e. The van der Waals surface area contributed by atoms with Gasteiger partial charge in [-0.3, -0.25) is 4.79 Å². The van der Waals surface area contributed by atoms with Crippen molar-refractivity contribution in [2.24, 2.45) is 0 Å². The summed E-state index contributed by atoms with van der Waals surface area (Å²) < 4.78 is 23.7. The third kappa shape index (κ3) is 5.43. The molecular formula is C21H27NO3S. The molecule has 2 rings (SSSR count). The Morgan fingerprint density at radius 1 is 0.962 bits per heavy atom. The minimum absolute atomic E-state index is 0.00686. The zero-order valence-electron chi connectivity index (χ0n) is 15.6. The zero-order valence-corrected chi connectivity index (χ0v) is 16.4. The van der Waals surface area contributed by atoms with Crippen LogP contribution < -0.4 is 0 Å². The van der Waals surface area contributed by atoms with E-state index in [9.17, 15) is 13.2 Å². The van der Waals surface area contributed by atoms with Crippen LogP contribution in [-0.4, -0.2) is 43.8 Å². The molecule has 0 heterocycles. The first-order valence-electron chi connectivity index (χ1n) is 8.90. The van der Waals surface area contributed by atoms with E-state index in [2.05, 4.69) is 0 Å². The predicted octanol–water partition coefficient (Wildman–Crippen LogP) is 3.49. The SMILES string of the molecule is CCS(=O)(=O)CC(C)N(C)C(=O)CC(c1ccccc1)c1ccccc1. The highest BCUT2D eigenvalue weighted by atomic mass is 32.2. The lowest BCUT2D eigenvalue weighted by Crippen LogP contribution is -2.40. The van der Waals surface area contributed by atoms with E-state index in [0.29, 0.717) is 6.42 Å². The maximum Gasteiger partial charge on any atom is 0.223 e. The molecule has 4 nitrogen and oxygen atoms in total. The Balaban J connectivity index is 2.19. The van der Waals surface area contributed by atoms with Gasteiger partial charge in [-0.15, -0.1) is 0 Å². The summed E-state index contributed by atoms with van der Waals surface area (Å²) in [5, 5.41) is 0. The van der Waals surface area contributed by atoms with E-state index in [-0.39, 0.29) is 29.4 Å². The standard InChI is InChI=1S/C21H27NO3S/c1-4-26(24,25)16-17(2)22(3)21(23)15-20(18-11-7-5-8-12-18)19-13-9-6-10-14-19/h5-14,17,20H,4,15-16H2,1-3H3. The molecule has 0 saturated carbocycles. The second-order valence-electron chi connectivity index (χ2n) is 6.63. The maximum atomic E-state index is 12.8. The lowest BCUT2D eigenvalue weighted by Gasteiger charge is -2.27. The van der Waals surface area contributed by atoms with E-state index in [4.69, 9.17) is 0 Å². The third-order valence-electron chi connectivity index (χ3n) is 4.77. The number of nitrogens with zero attached hydrogens (tertiary/aromatic N) is 1. The van der Waals surface area contributed by atoms with E-state index in [1.165, 1.54) is 0 Å². The lowest BCUT2D eigenvalue weighted by molar-refractivity contribution is -0.131. The van der Waals surface area contributed by atoms with Gasteiger partial charge in [-0.2, -0.15) is 0 Å². The molecule has 26 heavy (non-hydrogen) atoms. The molecule has 0 aliphatic rings. The fourth-order valence-electron chi connectivity index (χ4n) is 2.96. The van der Waals surface area contributed by atoms with Crippen LogP contribution in [0.3, 0.4) is 0 Å². The van der Waals surface area contributed by atoms with Crippen molar-refractivity contribution < 1.29 is 13.2 Å². The molecule has 0 fully saturated rings. The average Bonchev–Trinajstić information content (AvgIpc) is 2.66. The van der Waals surface area contributed by atoms with Crippen LogP contribution in [0.4, 0.5) is 0 Å². The van der Waals surface area contributed by atoms with Gasteiger partial charge in [-0.05, 0) is 18.1 Å². The summed E-state index contributed by atoms with van der Waals surface area (Å²) in [5.41, 5.74) is 2.16. The van der Waals surface area contributed by atoms with E-state index in [1.54, 1.807) is 25.8 Å². The van der Waals surface area contributed by atoms with Gasteiger partial charge in [0.2, 0.25) is 5.91 Å². The number of carbonyl (C=O) groups excluding carboxylic acids is 1. The molecule has 0 N–H and O–H groups in total. The minimum atomic E-state index is -3.12. The summed E-state index contributed by atoms with van der Waals surface area (Å²) in [4.78, 5) is 14.4. The molecule has 0 aliphatic heterocycles. The minimum Gasteiger partial charge on any atom is -0.342 e. The molecule has 0 saturated heterocycles. The van der Waals surface area contributed by atoms with Gasteiger partial charge in [0.25, 0.3) is 0 Å². The molecule has 1 atom stereocenters. The number of benzene rings is 2. The lowest BCUT2D eigenvalue weighted by atomic mass is 9.88. The van der Waals surface area contributed by atoms with E-state index in [0.717, 1.165) is 11.1 Å². The van der Waals surface area contributed by atoms with Gasteiger partial charge < -0.3 is 4.90 Å². The molecular weight excluding hydrogens is 346 g/mol. The Morgan fingerprint density at radius 3 is 1.85 bits per heavy atom. The zero-order chi connectivity index (χ0) is 19.2. The highest BCUT2D eigenvalue weighted by molar-refractivity contribution is 7.91. The Bertz CT molecular complexity index is 764. The first kappa shape index (κ1) is 20.2. The molecule has 0 aliphatic carbocycles. The monoisotopic (exact) mass is 373 g/mol. The van der Waals surface area contributed by atoms with Crippen molar-refractivity contribution in [1.82, 2.24) is 4.90 Å². The van der Waals surface area contributed by atoms with Gasteiger partial charge >= 0.3 is 0 Å². The van der Waals surface area contributed by atoms with Crippen molar-refractivity contribution in [3.05, 3.63) is 71.8 Å². The second kappa shape index (κ2) is 8.99. The summed E-state index contributed by atoms with van der Waals surface area (Å²) in [6.07, 6.45) is 0.307. The van der Waals surface area contributed by atoms with Crippen LogP contribution in [0, 0.1) is 0 Å². The molecule has 0 radical (unpaired) electrons. The number of hydrogen-bond donors (Lipinski definition) is 0. The Morgan fingerprint density at radius 2 is 1.42 bits per heavy atom. The summed E-state index contributed by atoms with van der Waals surface area (Å²) in [7, 11) is -1.44. The Hall–Kier alpha value is -2.14. The number of sulfone groups is 1. The van der Waals surface area contributed by atoms with Crippen molar-refractivity contribution in [1.29, 1.82) is 0 Å². The molecule has 2 aromatic rings. The number of carbonyl (C=O) groups is 1. The number of hydrogen-bond acceptors (Lipinski definition) is 3. The van der Waals surface area contributed by atoms with Crippen molar-refractivity contribution in [2.75, 3.05) is 18.6 Å². The molecule has 0 aromatic heterocycles. The van der Waals surface area contributed by atoms with Crippen LogP contribution in [0.1, 0.15) is 37.3 Å². The van der Waals surface area contributed by atoms with Crippen LogP contribution in [-0.2, 0) is 14.6 Å². The van der Waals surface area contributed by atoms with Crippen LogP contribution in [0.15, 0.2) is 60.7 Å². The highest BCUT2D eigenvalue weighted by Gasteiger charge is 2.25. The normalized spacial score (nSPS) is 12.8. The molecule has 140 valence electrons.